The molecule has 28 heavy (non-hydrogen) atoms. The van der Waals surface area contributed by atoms with Gasteiger partial charge in [0.1, 0.15) is 10.9 Å². The van der Waals surface area contributed by atoms with E-state index in [4.69, 9.17) is 4.74 Å². The van der Waals surface area contributed by atoms with E-state index in [1.165, 1.54) is 4.90 Å². The average molecular weight is 416 g/mol. The molecule has 3 rings (SSSR count). The highest BCUT2D eigenvalue weighted by atomic mass is 32.3. The van der Waals surface area contributed by atoms with Gasteiger partial charge in [-0.25, -0.2) is 4.79 Å². The van der Waals surface area contributed by atoms with E-state index in [1.54, 1.807) is 11.0 Å². The first-order chi connectivity index (χ1) is 12.9. The standard InChI is InChI=1S/C17H25FN4O5S/c1-17(2,3)27-16(24)21-6-4-11(5-7-21)13-9-14(20-19-13)22-10-12(8-15(22)23)28(18,25)26/h9,11-12H,4-8,10H2,1-3H3,(H,19,20). The number of nitrogens with one attached hydrogen (secondary N) is 1. The minimum Gasteiger partial charge on any atom is -0.444 e. The Balaban J connectivity index is 1.60. The summed E-state index contributed by atoms with van der Waals surface area (Å²) in [6.07, 6.45) is 0.694. The fraction of sp³-hybridized carbons (Fsp3) is 0.706. The first kappa shape index (κ1) is 20.6. The molecule has 156 valence electrons. The molecule has 2 saturated heterocycles. The zero-order valence-corrected chi connectivity index (χ0v) is 17.0. The summed E-state index contributed by atoms with van der Waals surface area (Å²) in [6, 6.07) is 1.69. The van der Waals surface area contributed by atoms with Crippen LogP contribution in [0.5, 0.6) is 0 Å². The quantitative estimate of drug-likeness (QED) is 0.754. The molecule has 1 unspecified atom stereocenters. The number of aromatic nitrogens is 2. The van der Waals surface area contributed by atoms with E-state index >= 15 is 0 Å². The number of anilines is 1. The molecule has 2 amide bonds. The third kappa shape index (κ3) is 4.62. The van der Waals surface area contributed by atoms with Crippen molar-refractivity contribution in [2.24, 2.45) is 0 Å². The SMILES string of the molecule is CC(C)(C)OC(=O)N1CCC(c2cc(N3CC(S(=O)(=O)F)CC3=O)n[nH]2)CC1. The van der Waals surface area contributed by atoms with Gasteiger partial charge < -0.3 is 9.64 Å². The molecule has 1 atom stereocenters. The average Bonchev–Trinajstić information content (AvgIpc) is 3.19. The number of piperidine rings is 1. The van der Waals surface area contributed by atoms with E-state index in [9.17, 15) is 21.9 Å². The number of halogens is 1. The number of rotatable bonds is 3. The molecule has 11 heteroatoms. The number of hydrogen-bond donors (Lipinski definition) is 1. The van der Waals surface area contributed by atoms with Gasteiger partial charge in [-0.15, -0.1) is 3.89 Å². The van der Waals surface area contributed by atoms with Gasteiger partial charge in [-0.1, -0.05) is 0 Å². The number of hydrogen-bond acceptors (Lipinski definition) is 6. The number of H-pyrrole nitrogens is 1. The van der Waals surface area contributed by atoms with Gasteiger partial charge in [-0.3, -0.25) is 14.8 Å². The number of amides is 2. The smallest absolute Gasteiger partial charge is 0.410 e. The Morgan fingerprint density at radius 2 is 1.96 bits per heavy atom. The number of carbonyl (C=O) groups is 2. The summed E-state index contributed by atoms with van der Waals surface area (Å²) in [4.78, 5) is 27.0. The second-order valence-electron chi connectivity index (χ2n) is 8.23. The zero-order valence-electron chi connectivity index (χ0n) is 16.1. The zero-order chi connectivity index (χ0) is 20.7. The normalized spacial score (nSPS) is 22.0. The molecule has 0 aromatic carbocycles. The highest BCUT2D eigenvalue weighted by Crippen LogP contribution is 2.31. The van der Waals surface area contributed by atoms with E-state index in [-0.39, 0.29) is 25.0 Å². The first-order valence-electron chi connectivity index (χ1n) is 9.21. The third-order valence-electron chi connectivity index (χ3n) is 4.93. The van der Waals surface area contributed by atoms with Crippen molar-refractivity contribution in [3.63, 3.8) is 0 Å². The van der Waals surface area contributed by atoms with Gasteiger partial charge in [0.05, 0.1) is 0 Å². The van der Waals surface area contributed by atoms with Gasteiger partial charge in [0, 0.05) is 43.7 Å². The van der Waals surface area contributed by atoms with Crippen molar-refractivity contribution in [1.82, 2.24) is 15.1 Å². The van der Waals surface area contributed by atoms with E-state index in [0.717, 1.165) is 5.69 Å². The Kier molecular flexibility index (Phi) is 5.39. The molecule has 2 aliphatic heterocycles. The van der Waals surface area contributed by atoms with Crippen LogP contribution in [0, 0.1) is 0 Å². The molecule has 0 spiro atoms. The minimum absolute atomic E-state index is 0.123. The van der Waals surface area contributed by atoms with Crippen molar-refractivity contribution in [3.05, 3.63) is 11.8 Å². The van der Waals surface area contributed by atoms with Crippen LogP contribution < -0.4 is 4.90 Å². The molecule has 0 bridgehead atoms. The Hall–Kier alpha value is -2.17. The number of aromatic amines is 1. The van der Waals surface area contributed by atoms with Crippen molar-refractivity contribution < 1.29 is 26.6 Å². The van der Waals surface area contributed by atoms with Crippen LogP contribution in [0.3, 0.4) is 0 Å². The largest absolute Gasteiger partial charge is 0.444 e. The van der Waals surface area contributed by atoms with Crippen molar-refractivity contribution >= 4 is 28.0 Å². The van der Waals surface area contributed by atoms with Gasteiger partial charge in [0.25, 0.3) is 0 Å². The Morgan fingerprint density at radius 1 is 1.32 bits per heavy atom. The lowest BCUT2D eigenvalue weighted by molar-refractivity contribution is -0.117. The van der Waals surface area contributed by atoms with Crippen LogP contribution in [0.1, 0.15) is 51.6 Å². The van der Waals surface area contributed by atoms with Crippen LogP contribution in [0.4, 0.5) is 14.5 Å². The van der Waals surface area contributed by atoms with Crippen LogP contribution in [0.15, 0.2) is 6.07 Å². The molecule has 2 fully saturated rings. The summed E-state index contributed by atoms with van der Waals surface area (Å²) in [5, 5.41) is 5.64. The fourth-order valence-electron chi connectivity index (χ4n) is 3.46. The summed E-state index contributed by atoms with van der Waals surface area (Å²) in [6.45, 7) is 6.31. The number of carbonyl (C=O) groups excluding carboxylic acids is 2. The van der Waals surface area contributed by atoms with Crippen molar-refractivity contribution in [1.29, 1.82) is 0 Å². The summed E-state index contributed by atoms with van der Waals surface area (Å²) < 4.78 is 40.7. The maximum Gasteiger partial charge on any atom is 0.410 e. The predicted octanol–water partition coefficient (Wildman–Crippen LogP) is 1.93. The predicted molar refractivity (Wildman–Crippen MR) is 99.2 cm³/mol. The van der Waals surface area contributed by atoms with Gasteiger partial charge >= 0.3 is 16.3 Å². The van der Waals surface area contributed by atoms with Crippen LogP contribution >= 0.6 is 0 Å². The van der Waals surface area contributed by atoms with Crippen LogP contribution in [0.2, 0.25) is 0 Å². The van der Waals surface area contributed by atoms with Gasteiger partial charge in [0.2, 0.25) is 5.91 Å². The molecule has 1 aromatic rings. The number of likely N-dealkylation sites (tertiary alicyclic amines) is 1. The first-order valence-corrected chi connectivity index (χ1v) is 10.7. The van der Waals surface area contributed by atoms with Crippen LogP contribution in [-0.4, -0.2) is 66.0 Å². The van der Waals surface area contributed by atoms with Crippen molar-refractivity contribution in [2.75, 3.05) is 24.5 Å². The maximum atomic E-state index is 13.2. The van der Waals surface area contributed by atoms with E-state index < -0.39 is 27.0 Å². The lowest BCUT2D eigenvalue weighted by Crippen LogP contribution is -2.41. The lowest BCUT2D eigenvalue weighted by Gasteiger charge is -2.33. The number of nitrogens with zero attached hydrogens (tertiary/aromatic N) is 3. The second kappa shape index (κ2) is 7.34. The molecule has 0 aliphatic carbocycles. The second-order valence-corrected chi connectivity index (χ2v) is 9.85. The van der Waals surface area contributed by atoms with Crippen LogP contribution in [0.25, 0.3) is 0 Å². The topological polar surface area (TPSA) is 113 Å². The van der Waals surface area contributed by atoms with Crippen molar-refractivity contribution in [2.45, 2.75) is 56.8 Å². The molecule has 0 radical (unpaired) electrons. The Labute approximate surface area is 163 Å². The molecule has 3 heterocycles. The molecular weight excluding hydrogens is 391 g/mol. The maximum absolute atomic E-state index is 13.2. The molecule has 0 saturated carbocycles. The highest BCUT2D eigenvalue weighted by Gasteiger charge is 2.40. The van der Waals surface area contributed by atoms with Crippen LogP contribution in [-0.2, 0) is 19.8 Å². The number of ether oxygens (including phenoxy) is 1. The van der Waals surface area contributed by atoms with E-state index in [0.29, 0.717) is 31.7 Å². The van der Waals surface area contributed by atoms with Gasteiger partial charge in [-0.2, -0.15) is 13.5 Å². The monoisotopic (exact) mass is 416 g/mol. The van der Waals surface area contributed by atoms with E-state index in [1.807, 2.05) is 20.8 Å². The minimum atomic E-state index is -4.77. The molecule has 9 nitrogen and oxygen atoms in total. The molecule has 1 N–H and O–H groups in total. The van der Waals surface area contributed by atoms with E-state index in [2.05, 4.69) is 10.2 Å². The summed E-state index contributed by atoms with van der Waals surface area (Å²) in [5.74, 6) is -0.0527. The fourth-order valence-corrected chi connectivity index (χ4v) is 4.13. The third-order valence-corrected chi connectivity index (χ3v) is 6.05. The summed E-state index contributed by atoms with van der Waals surface area (Å²) in [5.41, 5.74) is 0.262. The summed E-state index contributed by atoms with van der Waals surface area (Å²) in [7, 11) is -4.77. The highest BCUT2D eigenvalue weighted by molar-refractivity contribution is 7.87. The Bertz CT molecular complexity index is 855. The van der Waals surface area contributed by atoms with Gasteiger partial charge in [0.15, 0.2) is 5.82 Å². The molecule has 2 aliphatic rings. The van der Waals surface area contributed by atoms with Crippen molar-refractivity contribution in [3.8, 4) is 0 Å². The molecule has 1 aromatic heterocycles. The summed E-state index contributed by atoms with van der Waals surface area (Å²) >= 11 is 0. The molecular formula is C17H25FN4O5S. The lowest BCUT2D eigenvalue weighted by atomic mass is 9.94. The van der Waals surface area contributed by atoms with Gasteiger partial charge in [-0.05, 0) is 33.6 Å². The Morgan fingerprint density at radius 3 is 2.50 bits per heavy atom.